The molecule has 0 aromatic heterocycles. The Morgan fingerprint density at radius 2 is 1.83 bits per heavy atom. The van der Waals surface area contributed by atoms with Crippen LogP contribution in [0.3, 0.4) is 0 Å². The summed E-state index contributed by atoms with van der Waals surface area (Å²) in [4.78, 5) is 13.6. The van der Waals surface area contributed by atoms with Gasteiger partial charge in [-0.3, -0.25) is 4.79 Å². The van der Waals surface area contributed by atoms with Crippen LogP contribution in [-0.2, 0) is 0 Å². The first-order chi connectivity index (χ1) is 7.85. The Balaban J connectivity index is 0.00000289. The van der Waals surface area contributed by atoms with Gasteiger partial charge in [-0.15, -0.1) is 12.4 Å². The minimum atomic E-state index is -0.341. The van der Waals surface area contributed by atoms with Gasteiger partial charge in [0.15, 0.2) is 0 Å². The molecule has 0 heterocycles. The number of hydrogen-bond donors (Lipinski definition) is 1. The summed E-state index contributed by atoms with van der Waals surface area (Å²) in [5.74, 6) is -0.460. The maximum atomic E-state index is 12.7. The summed E-state index contributed by atoms with van der Waals surface area (Å²) in [6.45, 7) is 5.08. The van der Waals surface area contributed by atoms with Crippen LogP contribution in [0.5, 0.6) is 0 Å². The van der Waals surface area contributed by atoms with Crippen LogP contribution in [0.2, 0.25) is 0 Å². The molecule has 3 nitrogen and oxygen atoms in total. The highest BCUT2D eigenvalue weighted by atomic mass is 35.5. The molecule has 0 aliphatic carbocycles. The summed E-state index contributed by atoms with van der Waals surface area (Å²) in [6, 6.07) is 5.55. The highest BCUT2D eigenvalue weighted by molar-refractivity contribution is 5.94. The summed E-state index contributed by atoms with van der Waals surface area (Å²) in [7, 11) is 1.73. The molecule has 18 heavy (non-hydrogen) atoms. The van der Waals surface area contributed by atoms with Gasteiger partial charge < -0.3 is 10.6 Å². The molecule has 102 valence electrons. The summed E-state index contributed by atoms with van der Waals surface area (Å²) >= 11 is 0. The minimum absolute atomic E-state index is 0. The molecule has 0 unspecified atom stereocenters. The second-order valence-corrected chi connectivity index (χ2v) is 5.04. The first-order valence-electron chi connectivity index (χ1n) is 5.57. The fourth-order valence-electron chi connectivity index (χ4n) is 1.59. The van der Waals surface area contributed by atoms with E-state index >= 15 is 0 Å². The number of nitrogens with zero attached hydrogens (tertiary/aromatic N) is 1. The third-order valence-corrected chi connectivity index (χ3v) is 2.66. The van der Waals surface area contributed by atoms with Crippen LogP contribution in [0, 0.1) is 11.2 Å². The molecule has 0 saturated heterocycles. The summed E-state index contributed by atoms with van der Waals surface area (Å²) in [6.07, 6.45) is 0. The fourth-order valence-corrected chi connectivity index (χ4v) is 1.59. The first kappa shape index (κ1) is 16.9. The molecule has 2 N–H and O–H groups in total. The normalized spacial score (nSPS) is 10.7. The summed E-state index contributed by atoms with van der Waals surface area (Å²) < 4.78 is 12.7. The summed E-state index contributed by atoms with van der Waals surface area (Å²) in [5, 5.41) is 0. The Bertz CT molecular complexity index is 392. The molecule has 1 aromatic rings. The topological polar surface area (TPSA) is 46.3 Å². The van der Waals surface area contributed by atoms with E-state index in [2.05, 4.69) is 0 Å². The Morgan fingerprint density at radius 1 is 1.33 bits per heavy atom. The third kappa shape index (κ3) is 4.63. The Morgan fingerprint density at radius 3 is 2.28 bits per heavy atom. The van der Waals surface area contributed by atoms with Gasteiger partial charge in [-0.1, -0.05) is 13.8 Å². The van der Waals surface area contributed by atoms with E-state index in [1.54, 1.807) is 11.9 Å². The second-order valence-electron chi connectivity index (χ2n) is 5.04. The molecular weight excluding hydrogens is 255 g/mol. The number of rotatable bonds is 4. The van der Waals surface area contributed by atoms with Gasteiger partial charge in [-0.05, 0) is 36.2 Å². The molecule has 1 amide bonds. The maximum absolute atomic E-state index is 12.7. The van der Waals surface area contributed by atoms with Gasteiger partial charge in [0.2, 0.25) is 0 Å². The van der Waals surface area contributed by atoms with Gasteiger partial charge in [0, 0.05) is 19.2 Å². The van der Waals surface area contributed by atoms with E-state index in [4.69, 9.17) is 5.73 Å². The van der Waals surface area contributed by atoms with Crippen molar-refractivity contribution in [3.05, 3.63) is 35.6 Å². The zero-order valence-corrected chi connectivity index (χ0v) is 11.8. The smallest absolute Gasteiger partial charge is 0.253 e. The minimum Gasteiger partial charge on any atom is -0.341 e. The van der Waals surface area contributed by atoms with E-state index in [9.17, 15) is 9.18 Å². The molecule has 1 rings (SSSR count). The average Bonchev–Trinajstić information content (AvgIpc) is 2.28. The van der Waals surface area contributed by atoms with E-state index < -0.39 is 0 Å². The SMILES string of the molecule is CN(CC(C)(C)CN)C(=O)c1ccc(F)cc1.Cl. The Labute approximate surface area is 114 Å². The van der Waals surface area contributed by atoms with Crippen molar-refractivity contribution in [2.24, 2.45) is 11.1 Å². The highest BCUT2D eigenvalue weighted by Gasteiger charge is 2.21. The van der Waals surface area contributed by atoms with Crippen molar-refractivity contribution in [1.82, 2.24) is 4.90 Å². The number of carbonyl (C=O) groups is 1. The molecular formula is C13H20ClFN2O. The second kappa shape index (κ2) is 6.71. The number of hydrogen-bond acceptors (Lipinski definition) is 2. The first-order valence-corrected chi connectivity index (χ1v) is 5.57. The predicted octanol–water partition coefficient (Wildman–Crippen LogP) is 2.30. The van der Waals surface area contributed by atoms with Gasteiger partial charge in [-0.2, -0.15) is 0 Å². The van der Waals surface area contributed by atoms with Gasteiger partial charge in [0.25, 0.3) is 5.91 Å². The van der Waals surface area contributed by atoms with Gasteiger partial charge in [0.1, 0.15) is 5.82 Å². The van der Waals surface area contributed by atoms with Crippen LogP contribution in [-0.4, -0.2) is 30.9 Å². The lowest BCUT2D eigenvalue weighted by molar-refractivity contribution is 0.0740. The van der Waals surface area contributed by atoms with Crippen molar-refractivity contribution in [1.29, 1.82) is 0 Å². The quantitative estimate of drug-likeness (QED) is 0.916. The molecule has 0 bridgehead atoms. The van der Waals surface area contributed by atoms with E-state index in [0.717, 1.165) is 0 Å². The van der Waals surface area contributed by atoms with Gasteiger partial charge >= 0.3 is 0 Å². The molecule has 1 aromatic carbocycles. The largest absolute Gasteiger partial charge is 0.341 e. The van der Waals surface area contributed by atoms with Crippen LogP contribution in [0.1, 0.15) is 24.2 Å². The number of benzene rings is 1. The van der Waals surface area contributed by atoms with Crippen molar-refractivity contribution in [3.63, 3.8) is 0 Å². The fraction of sp³-hybridized carbons (Fsp3) is 0.462. The van der Waals surface area contributed by atoms with Crippen LogP contribution in [0.4, 0.5) is 4.39 Å². The van der Waals surface area contributed by atoms with E-state index in [1.807, 2.05) is 13.8 Å². The molecule has 0 aliphatic rings. The zero-order chi connectivity index (χ0) is 13.1. The molecule has 0 atom stereocenters. The van der Waals surface area contributed by atoms with Crippen molar-refractivity contribution in [2.45, 2.75) is 13.8 Å². The Kier molecular flexibility index (Phi) is 6.29. The van der Waals surface area contributed by atoms with Gasteiger partial charge in [0.05, 0.1) is 0 Å². The maximum Gasteiger partial charge on any atom is 0.253 e. The lowest BCUT2D eigenvalue weighted by atomic mass is 9.93. The Hall–Kier alpha value is -1.13. The van der Waals surface area contributed by atoms with Crippen molar-refractivity contribution >= 4 is 18.3 Å². The lowest BCUT2D eigenvalue weighted by Gasteiger charge is -2.29. The molecule has 0 spiro atoms. The monoisotopic (exact) mass is 274 g/mol. The van der Waals surface area contributed by atoms with Gasteiger partial charge in [-0.25, -0.2) is 4.39 Å². The summed E-state index contributed by atoms with van der Waals surface area (Å²) in [5.41, 5.74) is 5.99. The number of halogens is 2. The van der Waals surface area contributed by atoms with Crippen molar-refractivity contribution in [2.75, 3.05) is 20.1 Å². The van der Waals surface area contributed by atoms with Crippen molar-refractivity contribution in [3.8, 4) is 0 Å². The highest BCUT2D eigenvalue weighted by Crippen LogP contribution is 2.15. The van der Waals surface area contributed by atoms with Crippen LogP contribution in [0.25, 0.3) is 0 Å². The van der Waals surface area contributed by atoms with E-state index in [1.165, 1.54) is 24.3 Å². The van der Waals surface area contributed by atoms with E-state index in [-0.39, 0.29) is 29.5 Å². The van der Waals surface area contributed by atoms with Crippen LogP contribution in [0.15, 0.2) is 24.3 Å². The van der Waals surface area contributed by atoms with Crippen LogP contribution >= 0.6 is 12.4 Å². The molecule has 0 radical (unpaired) electrons. The standard InChI is InChI=1S/C13H19FN2O.ClH/c1-13(2,8-15)9-16(3)12(17)10-4-6-11(14)7-5-10;/h4-7H,8-9,15H2,1-3H3;1H. The molecule has 0 saturated carbocycles. The number of nitrogens with two attached hydrogens (primary N) is 1. The number of amides is 1. The molecule has 0 fully saturated rings. The molecule has 0 aliphatic heterocycles. The van der Waals surface area contributed by atoms with Crippen LogP contribution < -0.4 is 5.73 Å². The molecule has 5 heteroatoms. The van der Waals surface area contributed by atoms with E-state index in [0.29, 0.717) is 18.7 Å². The third-order valence-electron chi connectivity index (χ3n) is 2.66. The predicted molar refractivity (Wildman–Crippen MR) is 73.4 cm³/mol. The van der Waals surface area contributed by atoms with Crippen molar-refractivity contribution < 1.29 is 9.18 Å². The zero-order valence-electron chi connectivity index (χ0n) is 10.9. The number of carbonyl (C=O) groups excluding carboxylic acids is 1. The average molecular weight is 275 g/mol. The lowest BCUT2D eigenvalue weighted by Crippen LogP contribution is -2.39.